The van der Waals surface area contributed by atoms with Crippen molar-refractivity contribution in [3.8, 4) is 12.0 Å². The molecule has 0 bridgehead atoms. The van der Waals surface area contributed by atoms with E-state index < -0.39 is 24.7 Å². The number of nitrogen functional groups attached to an aromatic ring is 1. The first-order chi connectivity index (χ1) is 9.19. The van der Waals surface area contributed by atoms with Crippen molar-refractivity contribution in [2.75, 3.05) is 18.6 Å². The number of nitrogens with two attached hydrogens (primary N) is 1. The zero-order valence-electron chi connectivity index (χ0n) is 10.0. The van der Waals surface area contributed by atoms with E-state index in [0.717, 1.165) is 0 Å². The second-order valence-corrected chi connectivity index (χ2v) is 3.29. The fourth-order valence-corrected chi connectivity index (χ4v) is 0.898. The van der Waals surface area contributed by atoms with E-state index in [1.165, 1.54) is 0 Å². The number of anilines is 1. The number of hydrogen-bond donors (Lipinski definition) is 2. The van der Waals surface area contributed by atoms with Gasteiger partial charge in [-0.1, -0.05) is 0 Å². The maximum Gasteiger partial charge on any atom is 0.456 e. The van der Waals surface area contributed by atoms with Crippen LogP contribution in [-0.4, -0.2) is 40.3 Å². The van der Waals surface area contributed by atoms with Crippen LogP contribution in [0.15, 0.2) is 0 Å². The average Bonchev–Trinajstić information content (AvgIpc) is 2.35. The normalized spacial score (nSPS) is 12.2. The molecule has 20 heavy (non-hydrogen) atoms. The Bertz CT molecular complexity index is 455. The minimum atomic E-state index is -5.74. The molecule has 0 amide bonds. The smallest absolute Gasteiger partial charge is 0.456 e. The first-order valence-electron chi connectivity index (χ1n) is 5.12. The van der Waals surface area contributed by atoms with E-state index in [0.29, 0.717) is 0 Å². The highest BCUT2D eigenvalue weighted by atomic mass is 19.4. The van der Waals surface area contributed by atoms with Crippen molar-refractivity contribution in [3.05, 3.63) is 0 Å². The Kier molecular flexibility index (Phi) is 4.81. The molecule has 0 unspecified atom stereocenters. The topological polar surface area (TPSA) is 95.2 Å². The lowest BCUT2D eigenvalue weighted by Crippen LogP contribution is -2.42. The van der Waals surface area contributed by atoms with Crippen LogP contribution < -0.4 is 20.7 Å². The number of ether oxygens (including phenoxy) is 2. The van der Waals surface area contributed by atoms with E-state index in [2.05, 4.69) is 19.7 Å². The molecule has 0 fully saturated rings. The number of nitrogens with one attached hydrogen (secondary N) is 1. The molecule has 114 valence electrons. The minimum absolute atomic E-state index is 0.131. The number of aromatic nitrogens is 3. The van der Waals surface area contributed by atoms with Gasteiger partial charge in [-0.25, -0.2) is 5.84 Å². The second kappa shape index (κ2) is 5.98. The maximum absolute atomic E-state index is 12.7. The zero-order valence-corrected chi connectivity index (χ0v) is 10.0. The van der Waals surface area contributed by atoms with E-state index >= 15 is 0 Å². The highest BCUT2D eigenvalue weighted by Gasteiger charge is 2.58. The van der Waals surface area contributed by atoms with Gasteiger partial charge < -0.3 is 9.47 Å². The molecule has 1 aromatic rings. The molecule has 0 aliphatic rings. The van der Waals surface area contributed by atoms with Crippen LogP contribution in [0.4, 0.5) is 27.9 Å². The van der Waals surface area contributed by atoms with Crippen molar-refractivity contribution < 1.29 is 31.4 Å². The Morgan fingerprint density at radius 2 is 1.60 bits per heavy atom. The molecule has 0 radical (unpaired) electrons. The summed E-state index contributed by atoms with van der Waals surface area (Å²) < 4.78 is 70.2. The maximum atomic E-state index is 12.7. The van der Waals surface area contributed by atoms with Gasteiger partial charge >= 0.3 is 24.1 Å². The van der Waals surface area contributed by atoms with Gasteiger partial charge in [-0.15, -0.1) is 4.98 Å². The molecule has 12 heteroatoms. The Balaban J connectivity index is 2.84. The van der Waals surface area contributed by atoms with Crippen LogP contribution in [0.2, 0.25) is 0 Å². The fourth-order valence-electron chi connectivity index (χ4n) is 0.898. The highest BCUT2D eigenvalue weighted by molar-refractivity contribution is 5.25. The third kappa shape index (κ3) is 4.01. The van der Waals surface area contributed by atoms with Crippen LogP contribution in [0.5, 0.6) is 12.0 Å². The average molecular weight is 303 g/mol. The summed E-state index contributed by atoms with van der Waals surface area (Å²) in [6.07, 6.45) is -5.74. The molecule has 0 spiro atoms. The Hall–Kier alpha value is -1.98. The van der Waals surface area contributed by atoms with Gasteiger partial charge in [-0.3, -0.25) is 5.43 Å². The predicted molar refractivity (Wildman–Crippen MR) is 55.3 cm³/mol. The van der Waals surface area contributed by atoms with E-state index in [1.807, 2.05) is 5.43 Å². The fraction of sp³-hybridized carbons (Fsp3) is 0.625. The summed E-state index contributed by atoms with van der Waals surface area (Å²) in [5.41, 5.74) is 1.96. The predicted octanol–water partition coefficient (Wildman–Crippen LogP) is 1.13. The lowest BCUT2D eigenvalue weighted by atomic mass is 10.3. The largest absolute Gasteiger partial charge is 0.464 e. The van der Waals surface area contributed by atoms with E-state index in [4.69, 9.17) is 10.6 Å². The van der Waals surface area contributed by atoms with Crippen LogP contribution in [0, 0.1) is 0 Å². The summed E-state index contributed by atoms with van der Waals surface area (Å²) in [7, 11) is 0. The van der Waals surface area contributed by atoms with Crippen LogP contribution >= 0.6 is 0 Å². The molecule has 0 atom stereocenters. The molecule has 3 N–H and O–H groups in total. The van der Waals surface area contributed by atoms with Crippen LogP contribution in [0.1, 0.15) is 6.92 Å². The lowest BCUT2D eigenvalue weighted by molar-refractivity contribution is -0.290. The molecular weight excluding hydrogens is 293 g/mol. The summed E-state index contributed by atoms with van der Waals surface area (Å²) >= 11 is 0. The van der Waals surface area contributed by atoms with E-state index in [-0.39, 0.29) is 18.6 Å². The van der Waals surface area contributed by atoms with Crippen molar-refractivity contribution >= 4 is 5.95 Å². The second-order valence-electron chi connectivity index (χ2n) is 3.29. The SMILES string of the molecule is CCOc1nc(NN)nc(OCC(F)(F)C(F)(F)F)n1. The highest BCUT2D eigenvalue weighted by Crippen LogP contribution is 2.35. The Morgan fingerprint density at radius 3 is 2.05 bits per heavy atom. The van der Waals surface area contributed by atoms with Gasteiger partial charge in [0.2, 0.25) is 5.95 Å². The van der Waals surface area contributed by atoms with Gasteiger partial charge in [0.1, 0.15) is 0 Å². The first kappa shape index (κ1) is 16.1. The minimum Gasteiger partial charge on any atom is -0.464 e. The molecule has 0 saturated heterocycles. The lowest BCUT2D eigenvalue weighted by Gasteiger charge is -2.19. The number of hydrogen-bond acceptors (Lipinski definition) is 7. The molecule has 0 aliphatic heterocycles. The van der Waals surface area contributed by atoms with Crippen molar-refractivity contribution in [3.63, 3.8) is 0 Å². The molecule has 1 heterocycles. The van der Waals surface area contributed by atoms with Crippen molar-refractivity contribution in [1.29, 1.82) is 0 Å². The monoisotopic (exact) mass is 303 g/mol. The van der Waals surface area contributed by atoms with Crippen molar-refractivity contribution in [2.45, 2.75) is 19.0 Å². The van der Waals surface area contributed by atoms with Gasteiger partial charge in [0, 0.05) is 0 Å². The van der Waals surface area contributed by atoms with Crippen molar-refractivity contribution in [1.82, 2.24) is 15.0 Å². The summed E-state index contributed by atoms with van der Waals surface area (Å²) in [5.74, 6) is -0.358. The molecule has 1 aromatic heterocycles. The van der Waals surface area contributed by atoms with Crippen LogP contribution in [0.25, 0.3) is 0 Å². The third-order valence-corrected chi connectivity index (χ3v) is 1.79. The number of rotatable bonds is 6. The van der Waals surface area contributed by atoms with E-state index in [1.54, 1.807) is 6.92 Å². The third-order valence-electron chi connectivity index (χ3n) is 1.79. The van der Waals surface area contributed by atoms with Gasteiger partial charge in [0.15, 0.2) is 6.61 Å². The number of halogens is 5. The van der Waals surface area contributed by atoms with Gasteiger partial charge in [-0.2, -0.15) is 31.9 Å². The van der Waals surface area contributed by atoms with Gasteiger partial charge in [-0.05, 0) is 6.92 Å². The number of nitrogens with zero attached hydrogens (tertiary/aromatic N) is 3. The Labute approximate surface area is 109 Å². The summed E-state index contributed by atoms with van der Waals surface area (Å²) in [6.45, 7) is -0.264. The molecule has 1 rings (SSSR count). The van der Waals surface area contributed by atoms with Gasteiger partial charge in [0.25, 0.3) is 0 Å². The van der Waals surface area contributed by atoms with Crippen LogP contribution in [0.3, 0.4) is 0 Å². The molecule has 0 aliphatic carbocycles. The standard InChI is InChI=1S/C8H10F5N5O2/c1-2-19-5-15-4(18-14)16-6(17-5)20-3-7(9,10)8(11,12)13/h2-3,14H2,1H3,(H,15,16,17,18). The van der Waals surface area contributed by atoms with Crippen LogP contribution in [-0.2, 0) is 0 Å². The van der Waals surface area contributed by atoms with Gasteiger partial charge in [0.05, 0.1) is 6.61 Å². The quantitative estimate of drug-likeness (QED) is 0.462. The Morgan fingerprint density at radius 1 is 1.05 bits per heavy atom. The molecule has 7 nitrogen and oxygen atoms in total. The summed E-state index contributed by atoms with van der Waals surface area (Å²) in [6, 6.07) is -1.11. The van der Waals surface area contributed by atoms with E-state index in [9.17, 15) is 22.0 Å². The first-order valence-corrected chi connectivity index (χ1v) is 5.12. The molecular formula is C8H10F5N5O2. The molecule has 0 saturated carbocycles. The van der Waals surface area contributed by atoms with Crippen molar-refractivity contribution in [2.24, 2.45) is 5.84 Å². The number of alkyl halides is 5. The summed E-state index contributed by atoms with van der Waals surface area (Å²) in [4.78, 5) is 10.3. The zero-order chi connectivity index (χ0) is 15.4. The number of hydrazine groups is 1. The molecule has 0 aromatic carbocycles. The summed E-state index contributed by atoms with van der Waals surface area (Å²) in [5, 5.41) is 0.